The van der Waals surface area contributed by atoms with Gasteiger partial charge < -0.3 is 0 Å². The predicted octanol–water partition coefficient (Wildman–Crippen LogP) is 2.92. The fraction of sp³-hybridized carbons (Fsp3) is 0.455. The maximum absolute atomic E-state index is 11.5. The van der Waals surface area contributed by atoms with Crippen molar-refractivity contribution in [3.63, 3.8) is 0 Å². The summed E-state index contributed by atoms with van der Waals surface area (Å²) in [4.78, 5) is 11.5. The van der Waals surface area contributed by atoms with Gasteiger partial charge in [-0.3, -0.25) is 4.79 Å². The minimum atomic E-state index is 0.0881. The molecule has 0 radical (unpaired) electrons. The number of carbonyl (C=O) groups is 1. The van der Waals surface area contributed by atoms with Crippen molar-refractivity contribution < 1.29 is 4.79 Å². The summed E-state index contributed by atoms with van der Waals surface area (Å²) in [6.07, 6.45) is 3.35. The van der Waals surface area contributed by atoms with E-state index in [0.29, 0.717) is 6.42 Å². The quantitative estimate of drug-likeness (QED) is 0.708. The van der Waals surface area contributed by atoms with Crippen LogP contribution in [0.4, 0.5) is 0 Å². The van der Waals surface area contributed by atoms with Crippen molar-refractivity contribution in [2.75, 3.05) is 0 Å². The molecule has 3 heteroatoms. The summed E-state index contributed by atoms with van der Waals surface area (Å²) in [5.74, 6) is 0.226. The SMILES string of the molecule is CC1(C)CC(=O)C=C(c2ccsn2)C1. The van der Waals surface area contributed by atoms with Crippen molar-refractivity contribution in [3.8, 4) is 0 Å². The first-order chi connectivity index (χ1) is 6.57. The second-order valence-corrected chi connectivity index (χ2v) is 5.20. The Labute approximate surface area is 87.8 Å². The molecule has 0 atom stereocenters. The van der Waals surface area contributed by atoms with E-state index < -0.39 is 0 Å². The molecule has 0 N–H and O–H groups in total. The molecule has 1 aromatic rings. The Hall–Kier alpha value is -0.960. The number of allylic oxidation sites excluding steroid dienone is 2. The number of rotatable bonds is 1. The first kappa shape index (κ1) is 9.59. The van der Waals surface area contributed by atoms with Gasteiger partial charge >= 0.3 is 0 Å². The van der Waals surface area contributed by atoms with Gasteiger partial charge in [0, 0.05) is 11.8 Å². The van der Waals surface area contributed by atoms with Crippen LogP contribution in [0.15, 0.2) is 17.5 Å². The molecular weight excluding hydrogens is 194 g/mol. The summed E-state index contributed by atoms with van der Waals surface area (Å²) in [5.41, 5.74) is 2.15. The molecule has 1 heterocycles. The Balaban J connectivity index is 2.33. The van der Waals surface area contributed by atoms with Crippen molar-refractivity contribution in [2.45, 2.75) is 26.7 Å². The summed E-state index contributed by atoms with van der Waals surface area (Å²) >= 11 is 1.43. The standard InChI is InChI=1S/C11H13NOS/c1-11(2)6-8(5-9(13)7-11)10-3-4-14-12-10/h3-5H,6-7H2,1-2H3. The monoisotopic (exact) mass is 207 g/mol. The average molecular weight is 207 g/mol. The molecule has 0 unspecified atom stereocenters. The van der Waals surface area contributed by atoms with Gasteiger partial charge in [0.05, 0.1) is 5.69 Å². The number of carbonyl (C=O) groups excluding carboxylic acids is 1. The number of aromatic nitrogens is 1. The van der Waals surface area contributed by atoms with Crippen molar-refractivity contribution in [2.24, 2.45) is 5.41 Å². The van der Waals surface area contributed by atoms with E-state index in [2.05, 4.69) is 18.2 Å². The molecule has 1 aromatic heterocycles. The van der Waals surface area contributed by atoms with Crippen LogP contribution in [0, 0.1) is 5.41 Å². The van der Waals surface area contributed by atoms with Gasteiger partial charge in [-0.2, -0.15) is 4.37 Å². The summed E-state index contributed by atoms with van der Waals surface area (Å²) in [6.45, 7) is 4.26. The van der Waals surface area contributed by atoms with Crippen molar-refractivity contribution in [1.82, 2.24) is 4.37 Å². The summed E-state index contributed by atoms with van der Waals surface area (Å²) < 4.78 is 4.26. The zero-order valence-electron chi connectivity index (χ0n) is 8.41. The molecule has 14 heavy (non-hydrogen) atoms. The Kier molecular flexibility index (Phi) is 2.27. The largest absolute Gasteiger partial charge is 0.295 e. The van der Waals surface area contributed by atoms with Crippen LogP contribution in [-0.2, 0) is 4.79 Å². The summed E-state index contributed by atoms with van der Waals surface area (Å²) in [5, 5.41) is 1.95. The molecule has 0 amide bonds. The van der Waals surface area contributed by atoms with Crippen LogP contribution < -0.4 is 0 Å². The van der Waals surface area contributed by atoms with E-state index >= 15 is 0 Å². The molecule has 1 aliphatic carbocycles. The highest BCUT2D eigenvalue weighted by Gasteiger charge is 2.28. The van der Waals surface area contributed by atoms with E-state index in [1.165, 1.54) is 11.5 Å². The molecule has 0 fully saturated rings. The maximum atomic E-state index is 11.5. The molecule has 74 valence electrons. The minimum Gasteiger partial charge on any atom is -0.295 e. The van der Waals surface area contributed by atoms with Gasteiger partial charge in [-0.05, 0) is 41.1 Å². The highest BCUT2D eigenvalue weighted by molar-refractivity contribution is 7.03. The van der Waals surface area contributed by atoms with Crippen molar-refractivity contribution in [3.05, 3.63) is 23.2 Å². The zero-order chi connectivity index (χ0) is 10.2. The molecular formula is C11H13NOS. The molecule has 2 rings (SSSR count). The van der Waals surface area contributed by atoms with Crippen LogP contribution >= 0.6 is 11.5 Å². The van der Waals surface area contributed by atoms with E-state index in [0.717, 1.165) is 17.7 Å². The lowest BCUT2D eigenvalue weighted by Crippen LogP contribution is -2.21. The predicted molar refractivity (Wildman–Crippen MR) is 58.1 cm³/mol. The van der Waals surface area contributed by atoms with Crippen molar-refractivity contribution >= 4 is 22.9 Å². The van der Waals surface area contributed by atoms with Crippen LogP contribution in [-0.4, -0.2) is 10.2 Å². The van der Waals surface area contributed by atoms with Crippen LogP contribution in [0.25, 0.3) is 5.57 Å². The van der Waals surface area contributed by atoms with Crippen LogP contribution in [0.3, 0.4) is 0 Å². The number of hydrogen-bond donors (Lipinski definition) is 0. The van der Waals surface area contributed by atoms with Crippen LogP contribution in [0.2, 0.25) is 0 Å². The Morgan fingerprint density at radius 1 is 1.43 bits per heavy atom. The fourth-order valence-electron chi connectivity index (χ4n) is 1.89. The molecule has 0 aliphatic heterocycles. The minimum absolute atomic E-state index is 0.0881. The van der Waals surface area contributed by atoms with Crippen molar-refractivity contribution in [1.29, 1.82) is 0 Å². The molecule has 2 nitrogen and oxygen atoms in total. The van der Waals surface area contributed by atoms with Gasteiger partial charge in [0.2, 0.25) is 0 Å². The smallest absolute Gasteiger partial charge is 0.156 e. The average Bonchev–Trinajstić information content (AvgIpc) is 2.51. The van der Waals surface area contributed by atoms with E-state index in [-0.39, 0.29) is 11.2 Å². The number of ketones is 1. The van der Waals surface area contributed by atoms with Gasteiger partial charge in [0.15, 0.2) is 5.78 Å². The maximum Gasteiger partial charge on any atom is 0.156 e. The highest BCUT2D eigenvalue weighted by atomic mass is 32.1. The lowest BCUT2D eigenvalue weighted by atomic mass is 9.76. The third-order valence-corrected chi connectivity index (χ3v) is 2.98. The van der Waals surface area contributed by atoms with Gasteiger partial charge in [-0.25, -0.2) is 0 Å². The molecule has 0 aromatic carbocycles. The summed E-state index contributed by atoms with van der Waals surface area (Å²) in [7, 11) is 0. The van der Waals surface area contributed by atoms with Crippen LogP contribution in [0.1, 0.15) is 32.4 Å². The Bertz CT molecular complexity index is 376. The second kappa shape index (κ2) is 3.31. The summed E-state index contributed by atoms with van der Waals surface area (Å²) in [6, 6.07) is 1.98. The fourth-order valence-corrected chi connectivity index (χ4v) is 2.43. The number of nitrogens with zero attached hydrogens (tertiary/aromatic N) is 1. The molecule has 0 bridgehead atoms. The lowest BCUT2D eigenvalue weighted by Gasteiger charge is -2.28. The Morgan fingerprint density at radius 2 is 2.21 bits per heavy atom. The first-order valence-corrected chi connectivity index (χ1v) is 5.55. The second-order valence-electron chi connectivity index (χ2n) is 4.54. The van der Waals surface area contributed by atoms with Gasteiger partial charge in [0.1, 0.15) is 0 Å². The normalized spacial score (nSPS) is 20.7. The van der Waals surface area contributed by atoms with Crippen LogP contribution in [0.5, 0.6) is 0 Å². The van der Waals surface area contributed by atoms with E-state index in [1.54, 1.807) is 6.08 Å². The third-order valence-electron chi connectivity index (χ3n) is 2.42. The molecule has 1 aliphatic rings. The molecule has 0 spiro atoms. The van der Waals surface area contributed by atoms with E-state index in [9.17, 15) is 4.79 Å². The highest BCUT2D eigenvalue weighted by Crippen LogP contribution is 2.37. The van der Waals surface area contributed by atoms with E-state index in [1.807, 2.05) is 11.4 Å². The van der Waals surface area contributed by atoms with E-state index in [4.69, 9.17) is 0 Å². The number of hydrogen-bond acceptors (Lipinski definition) is 3. The zero-order valence-corrected chi connectivity index (χ0v) is 9.23. The van der Waals surface area contributed by atoms with Gasteiger partial charge in [-0.1, -0.05) is 13.8 Å². The Morgan fingerprint density at radius 3 is 2.79 bits per heavy atom. The molecule has 0 saturated heterocycles. The topological polar surface area (TPSA) is 30.0 Å². The lowest BCUT2D eigenvalue weighted by molar-refractivity contribution is -0.116. The molecule has 0 saturated carbocycles. The first-order valence-electron chi connectivity index (χ1n) is 4.71. The third kappa shape index (κ3) is 1.93. The van der Waals surface area contributed by atoms with Gasteiger partial charge in [-0.15, -0.1) is 0 Å². The van der Waals surface area contributed by atoms with Gasteiger partial charge in [0.25, 0.3) is 0 Å².